The summed E-state index contributed by atoms with van der Waals surface area (Å²) in [5.41, 5.74) is 1.08. The van der Waals surface area contributed by atoms with Crippen LogP contribution in [0.25, 0.3) is 0 Å². The summed E-state index contributed by atoms with van der Waals surface area (Å²) in [6, 6.07) is 5.64. The van der Waals surface area contributed by atoms with Gasteiger partial charge in [-0.05, 0) is 68.4 Å². The first-order valence-electron chi connectivity index (χ1n) is 8.11. The van der Waals surface area contributed by atoms with Crippen molar-refractivity contribution in [2.24, 2.45) is 11.8 Å². The molecule has 2 aliphatic rings. The van der Waals surface area contributed by atoms with Crippen molar-refractivity contribution in [3.8, 4) is 0 Å². The Balaban J connectivity index is 1.62. The Kier molecular flexibility index (Phi) is 5.07. The van der Waals surface area contributed by atoms with E-state index in [9.17, 15) is 4.79 Å². The maximum atomic E-state index is 11.9. The molecule has 0 aliphatic heterocycles. The summed E-state index contributed by atoms with van der Waals surface area (Å²) in [7, 11) is 0. The number of ether oxygens (including phenoxy) is 1. The summed E-state index contributed by atoms with van der Waals surface area (Å²) in [4.78, 5) is 11.9. The molecular formula is C17H21ClN2O2S. The molecule has 3 rings (SSSR count). The van der Waals surface area contributed by atoms with Crippen LogP contribution in [0.4, 0.5) is 5.69 Å². The quantitative estimate of drug-likeness (QED) is 0.633. The van der Waals surface area contributed by atoms with Crippen LogP contribution in [0.2, 0.25) is 5.02 Å². The number of thiocarbonyl (C=S) groups is 1. The van der Waals surface area contributed by atoms with E-state index in [1.807, 2.05) is 0 Å². The molecule has 0 heterocycles. The fourth-order valence-electron chi connectivity index (χ4n) is 3.73. The van der Waals surface area contributed by atoms with Gasteiger partial charge in [0, 0.05) is 11.7 Å². The summed E-state index contributed by atoms with van der Waals surface area (Å²) in [6.07, 6.45) is 5.21. The first kappa shape index (κ1) is 16.5. The zero-order chi connectivity index (χ0) is 16.4. The van der Waals surface area contributed by atoms with Gasteiger partial charge in [0.2, 0.25) is 0 Å². The summed E-state index contributed by atoms with van der Waals surface area (Å²) < 4.78 is 5.01. The lowest BCUT2D eigenvalue weighted by atomic mass is 9.96. The van der Waals surface area contributed by atoms with Crippen LogP contribution < -0.4 is 10.6 Å². The molecule has 124 valence electrons. The number of anilines is 1. The number of hydrogen-bond acceptors (Lipinski definition) is 3. The number of carbonyl (C=O) groups is 1. The Bertz CT molecular complexity index is 623. The molecule has 0 unspecified atom stereocenters. The minimum Gasteiger partial charge on any atom is -0.462 e. The van der Waals surface area contributed by atoms with Crippen molar-refractivity contribution in [2.75, 3.05) is 11.9 Å². The van der Waals surface area contributed by atoms with Crippen LogP contribution in [-0.2, 0) is 4.74 Å². The molecule has 2 fully saturated rings. The topological polar surface area (TPSA) is 50.4 Å². The predicted molar refractivity (Wildman–Crippen MR) is 96.0 cm³/mol. The van der Waals surface area contributed by atoms with Crippen molar-refractivity contribution in [3.05, 3.63) is 28.8 Å². The van der Waals surface area contributed by atoms with Gasteiger partial charge in [0.25, 0.3) is 0 Å². The van der Waals surface area contributed by atoms with E-state index in [-0.39, 0.29) is 0 Å². The summed E-state index contributed by atoms with van der Waals surface area (Å²) in [5.74, 6) is 1.19. The van der Waals surface area contributed by atoms with Gasteiger partial charge in [0.05, 0.1) is 17.2 Å². The van der Waals surface area contributed by atoms with Gasteiger partial charge in [-0.3, -0.25) is 0 Å². The number of esters is 1. The minimum atomic E-state index is -0.423. The Morgan fingerprint density at radius 1 is 1.39 bits per heavy atom. The molecular weight excluding hydrogens is 332 g/mol. The largest absolute Gasteiger partial charge is 0.462 e. The van der Waals surface area contributed by atoms with Gasteiger partial charge < -0.3 is 15.4 Å². The number of rotatable bonds is 4. The lowest BCUT2D eigenvalue weighted by molar-refractivity contribution is 0.0526. The second kappa shape index (κ2) is 7.05. The van der Waals surface area contributed by atoms with E-state index >= 15 is 0 Å². The highest BCUT2D eigenvalue weighted by molar-refractivity contribution is 7.80. The first-order chi connectivity index (χ1) is 11.1. The van der Waals surface area contributed by atoms with Crippen LogP contribution in [0.1, 0.15) is 43.0 Å². The molecule has 2 N–H and O–H groups in total. The molecule has 1 aromatic rings. The van der Waals surface area contributed by atoms with Crippen LogP contribution in [0, 0.1) is 11.8 Å². The van der Waals surface area contributed by atoms with Gasteiger partial charge in [-0.1, -0.05) is 18.0 Å². The fourth-order valence-corrected chi connectivity index (χ4v) is 4.19. The predicted octanol–water partition coefficient (Wildman–Crippen LogP) is 3.99. The second-order valence-corrected chi connectivity index (χ2v) is 7.11. The zero-order valence-corrected chi connectivity index (χ0v) is 14.7. The number of benzene rings is 1. The smallest absolute Gasteiger partial charge is 0.339 e. The average molecular weight is 353 g/mol. The first-order valence-corrected chi connectivity index (χ1v) is 8.89. The molecule has 2 saturated carbocycles. The zero-order valence-electron chi connectivity index (χ0n) is 13.1. The van der Waals surface area contributed by atoms with Crippen LogP contribution in [-0.4, -0.2) is 23.7 Å². The molecule has 0 radical (unpaired) electrons. The lowest BCUT2D eigenvalue weighted by Crippen LogP contribution is -2.40. The van der Waals surface area contributed by atoms with Crippen molar-refractivity contribution in [1.29, 1.82) is 0 Å². The van der Waals surface area contributed by atoms with Crippen molar-refractivity contribution >= 4 is 40.6 Å². The third-order valence-corrected chi connectivity index (χ3v) is 5.32. The molecule has 6 heteroatoms. The molecule has 1 aromatic carbocycles. The van der Waals surface area contributed by atoms with Crippen LogP contribution >= 0.6 is 23.8 Å². The van der Waals surface area contributed by atoms with Gasteiger partial charge in [0.15, 0.2) is 5.11 Å². The van der Waals surface area contributed by atoms with Gasteiger partial charge >= 0.3 is 5.97 Å². The molecule has 2 bridgehead atoms. The van der Waals surface area contributed by atoms with E-state index in [4.69, 9.17) is 28.6 Å². The highest BCUT2D eigenvalue weighted by Crippen LogP contribution is 2.44. The third-order valence-electron chi connectivity index (χ3n) is 4.77. The van der Waals surface area contributed by atoms with E-state index in [1.54, 1.807) is 25.1 Å². The van der Waals surface area contributed by atoms with Crippen LogP contribution in [0.5, 0.6) is 0 Å². The highest BCUT2D eigenvalue weighted by Gasteiger charge is 2.39. The molecule has 0 spiro atoms. The van der Waals surface area contributed by atoms with E-state index in [1.165, 1.54) is 25.7 Å². The summed E-state index contributed by atoms with van der Waals surface area (Å²) in [6.45, 7) is 2.08. The van der Waals surface area contributed by atoms with Crippen molar-refractivity contribution in [2.45, 2.75) is 38.6 Å². The maximum absolute atomic E-state index is 11.9. The molecule has 0 saturated heterocycles. The van der Waals surface area contributed by atoms with Crippen LogP contribution in [0.3, 0.4) is 0 Å². The Morgan fingerprint density at radius 3 is 2.87 bits per heavy atom. The van der Waals surface area contributed by atoms with Crippen molar-refractivity contribution < 1.29 is 9.53 Å². The second-order valence-electron chi connectivity index (χ2n) is 6.29. The molecule has 0 amide bonds. The number of nitrogens with one attached hydrogen (secondary N) is 2. The van der Waals surface area contributed by atoms with Crippen molar-refractivity contribution in [1.82, 2.24) is 5.32 Å². The Hall–Kier alpha value is -1.33. The Labute approximate surface area is 146 Å². The highest BCUT2D eigenvalue weighted by atomic mass is 35.5. The number of fused-ring (bicyclic) bond motifs is 2. The van der Waals surface area contributed by atoms with E-state index in [0.29, 0.717) is 28.3 Å². The van der Waals surface area contributed by atoms with Crippen LogP contribution in [0.15, 0.2) is 18.2 Å². The summed E-state index contributed by atoms with van der Waals surface area (Å²) in [5, 5.41) is 7.54. The van der Waals surface area contributed by atoms with E-state index in [0.717, 1.165) is 17.5 Å². The SMILES string of the molecule is CCOC(=O)c1cc(NC(=S)N[C@H]2C[C@@H]3CC[C@@H]2C3)ccc1Cl. The van der Waals surface area contributed by atoms with Gasteiger partial charge in [-0.15, -0.1) is 0 Å². The molecule has 0 aromatic heterocycles. The monoisotopic (exact) mass is 352 g/mol. The molecule has 3 atom stereocenters. The molecule has 2 aliphatic carbocycles. The maximum Gasteiger partial charge on any atom is 0.339 e. The molecule has 4 nitrogen and oxygen atoms in total. The normalized spacial score (nSPS) is 25.2. The standard InChI is InChI=1S/C17H21ClN2O2S/c1-2-22-16(21)13-9-12(5-6-14(13)18)19-17(23)20-15-8-10-3-4-11(15)7-10/h5-6,9-11,15H,2-4,7-8H2,1H3,(H2,19,20,23)/t10-,11-,15+/m1/s1. The van der Waals surface area contributed by atoms with Crippen molar-refractivity contribution in [3.63, 3.8) is 0 Å². The Morgan fingerprint density at radius 2 is 2.22 bits per heavy atom. The number of halogens is 1. The van der Waals surface area contributed by atoms with E-state index < -0.39 is 5.97 Å². The third kappa shape index (κ3) is 3.78. The summed E-state index contributed by atoms with van der Waals surface area (Å²) >= 11 is 11.5. The van der Waals surface area contributed by atoms with Gasteiger partial charge in [-0.25, -0.2) is 4.79 Å². The van der Waals surface area contributed by atoms with Gasteiger partial charge in [-0.2, -0.15) is 0 Å². The number of hydrogen-bond donors (Lipinski definition) is 2. The van der Waals surface area contributed by atoms with Gasteiger partial charge in [0.1, 0.15) is 0 Å². The lowest BCUT2D eigenvalue weighted by Gasteiger charge is -2.24. The minimum absolute atomic E-state index is 0.316. The fraction of sp³-hybridized carbons (Fsp3) is 0.529. The number of carbonyl (C=O) groups excluding carboxylic acids is 1. The van der Waals surface area contributed by atoms with E-state index in [2.05, 4.69) is 10.6 Å². The molecule has 23 heavy (non-hydrogen) atoms. The average Bonchev–Trinajstić information content (AvgIpc) is 3.12.